The Labute approximate surface area is 123 Å². The van der Waals surface area contributed by atoms with Crippen LogP contribution in [0.25, 0.3) is 11.3 Å². The number of fused-ring (bicyclic) bond motifs is 3. The molecule has 3 nitrogen and oxygen atoms in total. The molecule has 0 bridgehead atoms. The zero-order chi connectivity index (χ0) is 13.5. The monoisotopic (exact) mass is 285 g/mol. The Morgan fingerprint density at radius 1 is 1.40 bits per heavy atom. The zero-order valence-electron chi connectivity index (χ0n) is 11.7. The number of thioether (sulfide) groups is 1. The van der Waals surface area contributed by atoms with Crippen LogP contribution in [0, 0.1) is 0 Å². The van der Waals surface area contributed by atoms with Gasteiger partial charge in [-0.3, -0.25) is 4.68 Å². The van der Waals surface area contributed by atoms with E-state index in [1.807, 2.05) is 11.8 Å². The number of nitrogens with one attached hydrogen (secondary N) is 1. The zero-order valence-corrected chi connectivity index (χ0v) is 12.5. The molecule has 1 atom stereocenters. The van der Waals surface area contributed by atoms with Crippen LogP contribution in [0.1, 0.15) is 30.6 Å². The fourth-order valence-corrected chi connectivity index (χ4v) is 4.39. The third-order valence-electron chi connectivity index (χ3n) is 4.32. The van der Waals surface area contributed by atoms with Gasteiger partial charge in [-0.25, -0.2) is 0 Å². The summed E-state index contributed by atoms with van der Waals surface area (Å²) >= 11 is 1.95. The summed E-state index contributed by atoms with van der Waals surface area (Å²) in [5, 5.41) is 8.42. The molecule has 20 heavy (non-hydrogen) atoms. The molecule has 104 valence electrons. The molecule has 1 aromatic heterocycles. The van der Waals surface area contributed by atoms with Crippen LogP contribution in [0.2, 0.25) is 0 Å². The van der Waals surface area contributed by atoms with Crippen LogP contribution < -0.4 is 5.32 Å². The Kier molecular flexibility index (Phi) is 3.08. The average molecular weight is 285 g/mol. The second-order valence-electron chi connectivity index (χ2n) is 5.50. The van der Waals surface area contributed by atoms with Crippen LogP contribution in [-0.2, 0) is 12.2 Å². The van der Waals surface area contributed by atoms with Crippen LogP contribution in [-0.4, -0.2) is 22.9 Å². The van der Waals surface area contributed by atoms with E-state index in [9.17, 15) is 0 Å². The van der Waals surface area contributed by atoms with Crippen molar-refractivity contribution in [2.45, 2.75) is 36.5 Å². The third kappa shape index (κ3) is 1.82. The molecule has 0 aliphatic carbocycles. The lowest BCUT2D eigenvalue weighted by Gasteiger charge is -2.20. The Bertz CT molecular complexity index is 641. The predicted molar refractivity (Wildman–Crippen MR) is 83.1 cm³/mol. The second kappa shape index (κ2) is 4.93. The first-order valence-corrected chi connectivity index (χ1v) is 8.40. The van der Waals surface area contributed by atoms with Crippen molar-refractivity contribution < 1.29 is 0 Å². The van der Waals surface area contributed by atoms with Crippen LogP contribution in [0.15, 0.2) is 29.2 Å². The van der Waals surface area contributed by atoms with E-state index in [0.29, 0.717) is 6.04 Å². The molecule has 1 unspecified atom stereocenters. The van der Waals surface area contributed by atoms with E-state index in [1.165, 1.54) is 33.8 Å². The van der Waals surface area contributed by atoms with E-state index < -0.39 is 0 Å². The van der Waals surface area contributed by atoms with Crippen molar-refractivity contribution in [3.8, 4) is 11.3 Å². The summed E-state index contributed by atoms with van der Waals surface area (Å²) in [5.41, 5.74) is 5.50. The van der Waals surface area contributed by atoms with E-state index in [2.05, 4.69) is 41.2 Å². The van der Waals surface area contributed by atoms with Gasteiger partial charge in [0, 0.05) is 28.3 Å². The van der Waals surface area contributed by atoms with Crippen molar-refractivity contribution >= 4 is 11.8 Å². The number of hydrogen-bond acceptors (Lipinski definition) is 3. The van der Waals surface area contributed by atoms with Crippen LogP contribution in [0.4, 0.5) is 0 Å². The summed E-state index contributed by atoms with van der Waals surface area (Å²) in [5.74, 6) is 1.07. The first-order valence-electron chi connectivity index (χ1n) is 7.41. The lowest BCUT2D eigenvalue weighted by Crippen LogP contribution is -2.16. The third-order valence-corrected chi connectivity index (χ3v) is 5.42. The van der Waals surface area contributed by atoms with Gasteiger partial charge in [0.25, 0.3) is 0 Å². The number of aryl methyl sites for hydroxylation is 1. The quantitative estimate of drug-likeness (QED) is 0.918. The molecule has 4 heteroatoms. The van der Waals surface area contributed by atoms with Crippen molar-refractivity contribution in [3.05, 3.63) is 35.5 Å². The van der Waals surface area contributed by atoms with Gasteiger partial charge in [-0.1, -0.05) is 25.1 Å². The molecule has 4 rings (SSSR count). The summed E-state index contributed by atoms with van der Waals surface area (Å²) in [6.45, 7) is 4.37. The first-order chi connectivity index (χ1) is 9.88. The molecular formula is C16H19N3S. The number of nitrogens with zero attached hydrogens (tertiary/aromatic N) is 2. The fourth-order valence-electron chi connectivity index (χ4n) is 3.29. The van der Waals surface area contributed by atoms with Crippen molar-refractivity contribution in [2.24, 2.45) is 0 Å². The molecule has 2 aromatic rings. The number of aromatic nitrogens is 2. The molecule has 0 radical (unpaired) electrons. The van der Waals surface area contributed by atoms with E-state index in [4.69, 9.17) is 5.10 Å². The maximum atomic E-state index is 4.95. The van der Waals surface area contributed by atoms with E-state index in [1.54, 1.807) is 0 Å². The van der Waals surface area contributed by atoms with Gasteiger partial charge in [-0.2, -0.15) is 5.10 Å². The van der Waals surface area contributed by atoms with E-state index in [0.717, 1.165) is 25.3 Å². The number of benzene rings is 1. The molecule has 2 aliphatic rings. The first kappa shape index (κ1) is 12.5. The maximum absolute atomic E-state index is 4.95. The van der Waals surface area contributed by atoms with Gasteiger partial charge >= 0.3 is 0 Å². The number of hydrogen-bond donors (Lipinski definition) is 1. The molecule has 0 saturated carbocycles. The average Bonchev–Trinajstić information content (AvgIpc) is 3.14. The van der Waals surface area contributed by atoms with Crippen molar-refractivity contribution in [1.29, 1.82) is 0 Å². The topological polar surface area (TPSA) is 29.9 Å². The van der Waals surface area contributed by atoms with Gasteiger partial charge < -0.3 is 5.32 Å². The van der Waals surface area contributed by atoms with Gasteiger partial charge in [0.15, 0.2) is 0 Å². The van der Waals surface area contributed by atoms with E-state index in [-0.39, 0.29) is 0 Å². The number of rotatable bonds is 2. The van der Waals surface area contributed by atoms with Crippen molar-refractivity contribution in [1.82, 2.24) is 15.1 Å². The summed E-state index contributed by atoms with van der Waals surface area (Å²) < 4.78 is 2.31. The predicted octanol–water partition coefficient (Wildman–Crippen LogP) is 3.25. The maximum Gasteiger partial charge on any atom is 0.0740 e. The minimum atomic E-state index is 0.514. The van der Waals surface area contributed by atoms with Crippen LogP contribution in [0.3, 0.4) is 0 Å². The highest BCUT2D eigenvalue weighted by Gasteiger charge is 2.28. The van der Waals surface area contributed by atoms with Gasteiger partial charge in [0.05, 0.1) is 17.4 Å². The van der Waals surface area contributed by atoms with Crippen molar-refractivity contribution in [3.63, 3.8) is 0 Å². The molecule has 0 amide bonds. The van der Waals surface area contributed by atoms with E-state index >= 15 is 0 Å². The second-order valence-corrected chi connectivity index (χ2v) is 6.52. The molecule has 1 fully saturated rings. The van der Waals surface area contributed by atoms with Gasteiger partial charge in [-0.05, 0) is 25.5 Å². The standard InChI is InChI=1S/C16H19N3S/c1-2-14-13-10-20-15-6-4-3-5-12(15)16(13)19(18-14)11-7-8-17-9-11/h3-6,11,17H,2,7-10H2,1H3. The molecular weight excluding hydrogens is 266 g/mol. The van der Waals surface area contributed by atoms with Crippen molar-refractivity contribution in [2.75, 3.05) is 13.1 Å². The molecule has 1 N–H and O–H groups in total. The Hall–Kier alpha value is -1.26. The van der Waals surface area contributed by atoms with Gasteiger partial charge in [0.2, 0.25) is 0 Å². The molecule has 1 aromatic carbocycles. The molecule has 1 saturated heterocycles. The van der Waals surface area contributed by atoms with Crippen LogP contribution >= 0.6 is 11.8 Å². The normalized spacial score (nSPS) is 20.8. The fraction of sp³-hybridized carbons (Fsp3) is 0.438. The smallest absolute Gasteiger partial charge is 0.0740 e. The highest BCUT2D eigenvalue weighted by molar-refractivity contribution is 7.98. The SMILES string of the molecule is CCc1nn(C2CCNC2)c2c1CSc1ccccc1-2. The minimum absolute atomic E-state index is 0.514. The van der Waals surface area contributed by atoms with Gasteiger partial charge in [0.1, 0.15) is 0 Å². The summed E-state index contributed by atoms with van der Waals surface area (Å²) in [4.78, 5) is 1.40. The Balaban J connectivity index is 1.92. The Morgan fingerprint density at radius 2 is 2.30 bits per heavy atom. The Morgan fingerprint density at radius 3 is 3.10 bits per heavy atom. The molecule has 2 aliphatic heterocycles. The highest BCUT2D eigenvalue weighted by Crippen LogP contribution is 2.44. The van der Waals surface area contributed by atoms with Crippen LogP contribution in [0.5, 0.6) is 0 Å². The summed E-state index contributed by atoms with van der Waals surface area (Å²) in [6.07, 6.45) is 2.21. The van der Waals surface area contributed by atoms with Gasteiger partial charge in [-0.15, -0.1) is 11.8 Å². The minimum Gasteiger partial charge on any atom is -0.315 e. The largest absolute Gasteiger partial charge is 0.315 e. The summed E-state index contributed by atoms with van der Waals surface area (Å²) in [7, 11) is 0. The molecule has 3 heterocycles. The molecule has 0 spiro atoms. The highest BCUT2D eigenvalue weighted by atomic mass is 32.2. The lowest BCUT2D eigenvalue weighted by molar-refractivity contribution is 0.491. The lowest BCUT2D eigenvalue weighted by atomic mass is 10.0. The summed E-state index contributed by atoms with van der Waals surface area (Å²) in [6, 6.07) is 9.28.